The van der Waals surface area contributed by atoms with Crippen molar-refractivity contribution in [3.8, 4) is 5.75 Å². The first-order valence-electron chi connectivity index (χ1n) is 7.95. The van der Waals surface area contributed by atoms with Crippen molar-refractivity contribution in [3.05, 3.63) is 65.4 Å². The number of nitrogens with zero attached hydrogens (tertiary/aromatic N) is 2. The molecule has 2 aromatic rings. The summed E-state index contributed by atoms with van der Waals surface area (Å²) in [4.78, 5) is 17.5. The Labute approximate surface area is 146 Å². The van der Waals surface area contributed by atoms with Gasteiger partial charge in [-0.2, -0.15) is 0 Å². The number of carboxylic acids is 1. The lowest BCUT2D eigenvalue weighted by molar-refractivity contribution is -0.268. The number of benzene rings is 2. The van der Waals surface area contributed by atoms with Gasteiger partial charge in [-0.05, 0) is 29.8 Å². The zero-order chi connectivity index (χ0) is 18.2. The maximum absolute atomic E-state index is 11.5. The van der Waals surface area contributed by atoms with Crippen LogP contribution in [-0.2, 0) is 5.41 Å². The van der Waals surface area contributed by atoms with Gasteiger partial charge in [0.05, 0.1) is 11.3 Å². The highest BCUT2D eigenvalue weighted by molar-refractivity contribution is 5.92. The molecule has 0 atom stereocenters. The molecule has 2 aromatic carbocycles. The van der Waals surface area contributed by atoms with Crippen LogP contribution in [0.5, 0.6) is 5.75 Å². The van der Waals surface area contributed by atoms with Crippen molar-refractivity contribution < 1.29 is 15.0 Å². The van der Waals surface area contributed by atoms with Crippen molar-refractivity contribution in [2.45, 2.75) is 19.3 Å². The minimum Gasteiger partial charge on any atom is -0.872 e. The molecular weight excluding hydrogens is 316 g/mol. The Hall–Kier alpha value is -3.08. The first-order chi connectivity index (χ1) is 11.8. The van der Waals surface area contributed by atoms with E-state index in [0.29, 0.717) is 5.69 Å². The molecule has 1 heterocycles. The van der Waals surface area contributed by atoms with Crippen LogP contribution < -0.4 is 10.0 Å². The lowest BCUT2D eigenvalue weighted by Gasteiger charge is -2.23. The minimum absolute atomic E-state index is 0.150. The van der Waals surface area contributed by atoms with Crippen LogP contribution in [0.25, 0.3) is 0 Å². The zero-order valence-electron chi connectivity index (χ0n) is 14.4. The Morgan fingerprint density at radius 1 is 1.24 bits per heavy atom. The van der Waals surface area contributed by atoms with E-state index in [9.17, 15) is 9.90 Å². The predicted octanol–water partition coefficient (Wildman–Crippen LogP) is 3.47. The second-order valence-electron chi connectivity index (χ2n) is 6.52. The number of allylic oxidation sites excluding steroid dienone is 2. The summed E-state index contributed by atoms with van der Waals surface area (Å²) < 4.78 is 0. The van der Waals surface area contributed by atoms with Gasteiger partial charge in [0.2, 0.25) is 0 Å². The molecule has 0 bridgehead atoms. The van der Waals surface area contributed by atoms with Crippen LogP contribution in [0.1, 0.15) is 29.8 Å². The summed E-state index contributed by atoms with van der Waals surface area (Å²) in [7, 11) is 2.02. The number of carboxylic acid groups (broad SMARTS) is 1. The van der Waals surface area contributed by atoms with Crippen molar-refractivity contribution >= 4 is 23.6 Å². The summed E-state index contributed by atoms with van der Waals surface area (Å²) in [5.41, 5.74) is 3.52. The van der Waals surface area contributed by atoms with Gasteiger partial charge in [-0.1, -0.05) is 43.9 Å². The van der Waals surface area contributed by atoms with Crippen molar-refractivity contribution in [1.29, 1.82) is 0 Å². The normalized spacial score (nSPS) is 17.2. The maximum atomic E-state index is 11.5. The minimum atomic E-state index is -1.24. The van der Waals surface area contributed by atoms with Gasteiger partial charge in [-0.15, -0.1) is 0 Å². The smallest absolute Gasteiger partial charge is 0.335 e. The SMILES string of the molecule is CN1/C(=C\C=Nc2ccc([O-])c(C(=O)O)c2)C(C)(C)c2ccccc21. The molecule has 0 saturated heterocycles. The Morgan fingerprint density at radius 2 is 1.96 bits per heavy atom. The van der Waals surface area contributed by atoms with E-state index in [0.717, 1.165) is 11.4 Å². The molecular formula is C20H19N2O3-. The zero-order valence-corrected chi connectivity index (χ0v) is 14.4. The van der Waals surface area contributed by atoms with Crippen LogP contribution in [0.15, 0.2) is 59.2 Å². The van der Waals surface area contributed by atoms with Gasteiger partial charge in [0.25, 0.3) is 0 Å². The van der Waals surface area contributed by atoms with Crippen LogP contribution in [0.2, 0.25) is 0 Å². The maximum Gasteiger partial charge on any atom is 0.335 e. The molecule has 0 saturated carbocycles. The molecule has 0 fully saturated rings. The Kier molecular flexibility index (Phi) is 4.08. The van der Waals surface area contributed by atoms with E-state index in [2.05, 4.69) is 35.9 Å². The van der Waals surface area contributed by atoms with Crippen LogP contribution in [0, 0.1) is 0 Å². The van der Waals surface area contributed by atoms with Gasteiger partial charge in [0.15, 0.2) is 0 Å². The standard InChI is InChI=1S/C20H20N2O3/c1-20(2)15-6-4-5-7-16(15)22(3)18(20)10-11-21-13-8-9-17(23)14(12-13)19(24)25/h4-12,23H,1-3H3,(H,24,25)/p-1/b18-10-,21-11?. The van der Waals surface area contributed by atoms with E-state index < -0.39 is 11.7 Å². The van der Waals surface area contributed by atoms with E-state index in [-0.39, 0.29) is 11.0 Å². The fraction of sp³-hybridized carbons (Fsp3) is 0.200. The van der Waals surface area contributed by atoms with E-state index >= 15 is 0 Å². The van der Waals surface area contributed by atoms with Crippen LogP contribution >= 0.6 is 0 Å². The highest BCUT2D eigenvalue weighted by Crippen LogP contribution is 2.46. The summed E-state index contributed by atoms with van der Waals surface area (Å²) in [6, 6.07) is 12.3. The molecule has 25 heavy (non-hydrogen) atoms. The number of aliphatic imine (C=N–C) groups is 1. The number of fused-ring (bicyclic) bond motifs is 1. The van der Waals surface area contributed by atoms with Crippen LogP contribution in [0.4, 0.5) is 11.4 Å². The molecule has 5 nitrogen and oxygen atoms in total. The molecule has 3 rings (SSSR count). The first kappa shape index (κ1) is 16.8. The number of rotatable bonds is 3. The molecule has 1 aliphatic heterocycles. The summed E-state index contributed by atoms with van der Waals surface area (Å²) in [6.07, 6.45) is 3.57. The van der Waals surface area contributed by atoms with E-state index in [1.807, 2.05) is 25.3 Å². The number of likely N-dealkylation sites (N-methyl/N-ethyl adjacent to an activating group) is 1. The fourth-order valence-corrected chi connectivity index (χ4v) is 3.26. The van der Waals surface area contributed by atoms with Crippen molar-refractivity contribution in [1.82, 2.24) is 0 Å². The van der Waals surface area contributed by atoms with E-state index in [1.54, 1.807) is 6.21 Å². The molecule has 0 aromatic heterocycles. The van der Waals surface area contributed by atoms with Crippen molar-refractivity contribution in [3.63, 3.8) is 0 Å². The highest BCUT2D eigenvalue weighted by atomic mass is 16.4. The molecule has 0 radical (unpaired) electrons. The quantitative estimate of drug-likeness (QED) is 0.871. The third-order valence-corrected chi connectivity index (χ3v) is 4.59. The molecule has 128 valence electrons. The molecule has 1 aliphatic rings. The Morgan fingerprint density at radius 3 is 2.64 bits per heavy atom. The van der Waals surface area contributed by atoms with Crippen LogP contribution in [-0.4, -0.2) is 24.3 Å². The lowest BCUT2D eigenvalue weighted by atomic mass is 9.84. The number of anilines is 1. The van der Waals surface area contributed by atoms with Crippen molar-refractivity contribution in [2.75, 3.05) is 11.9 Å². The molecule has 0 amide bonds. The second kappa shape index (κ2) is 6.09. The molecule has 0 spiro atoms. The average molecular weight is 335 g/mol. The number of aromatic carboxylic acids is 1. The van der Waals surface area contributed by atoms with Crippen molar-refractivity contribution in [2.24, 2.45) is 4.99 Å². The predicted molar refractivity (Wildman–Crippen MR) is 97.0 cm³/mol. The third kappa shape index (κ3) is 2.89. The number of hydrogen-bond donors (Lipinski definition) is 1. The number of carbonyl (C=O) groups is 1. The first-order valence-corrected chi connectivity index (χ1v) is 7.95. The fourth-order valence-electron chi connectivity index (χ4n) is 3.26. The van der Waals surface area contributed by atoms with Gasteiger partial charge in [0.1, 0.15) is 0 Å². The average Bonchev–Trinajstić information content (AvgIpc) is 2.77. The number of para-hydroxylation sites is 1. The topological polar surface area (TPSA) is 76.0 Å². The van der Waals surface area contributed by atoms with Gasteiger partial charge in [-0.3, -0.25) is 4.99 Å². The number of hydrogen-bond acceptors (Lipinski definition) is 4. The highest BCUT2D eigenvalue weighted by Gasteiger charge is 2.37. The summed E-state index contributed by atoms with van der Waals surface area (Å²) in [5, 5.41) is 20.5. The van der Waals surface area contributed by atoms with Gasteiger partial charge < -0.3 is 15.1 Å². The summed E-state index contributed by atoms with van der Waals surface area (Å²) in [6.45, 7) is 4.31. The molecule has 5 heteroatoms. The Balaban J connectivity index is 1.91. The largest absolute Gasteiger partial charge is 0.872 e. The summed E-state index contributed by atoms with van der Waals surface area (Å²) >= 11 is 0. The van der Waals surface area contributed by atoms with E-state index in [1.165, 1.54) is 23.8 Å². The van der Waals surface area contributed by atoms with Crippen LogP contribution in [0.3, 0.4) is 0 Å². The second-order valence-corrected chi connectivity index (χ2v) is 6.52. The van der Waals surface area contributed by atoms with Gasteiger partial charge >= 0.3 is 5.97 Å². The molecule has 0 aliphatic carbocycles. The van der Waals surface area contributed by atoms with Gasteiger partial charge in [0, 0.05) is 30.1 Å². The molecule has 1 N–H and O–H groups in total. The van der Waals surface area contributed by atoms with Gasteiger partial charge in [-0.25, -0.2) is 4.79 Å². The molecule has 0 unspecified atom stereocenters. The summed E-state index contributed by atoms with van der Waals surface area (Å²) in [5.74, 6) is -1.76. The Bertz CT molecular complexity index is 898. The third-order valence-electron chi connectivity index (χ3n) is 4.59. The lowest BCUT2D eigenvalue weighted by Crippen LogP contribution is -2.23. The van der Waals surface area contributed by atoms with E-state index in [4.69, 9.17) is 5.11 Å². The monoisotopic (exact) mass is 335 g/mol.